The number of hydrogen-bond donors (Lipinski definition) is 0. The molecule has 0 spiro atoms. The van der Waals surface area contributed by atoms with Gasteiger partial charge < -0.3 is 9.47 Å². The van der Waals surface area contributed by atoms with Crippen molar-refractivity contribution >= 4 is 0 Å². The highest BCUT2D eigenvalue weighted by atomic mass is 16.6. The van der Waals surface area contributed by atoms with Gasteiger partial charge in [-0.05, 0) is 38.5 Å². The zero-order chi connectivity index (χ0) is 10.2. The molecule has 1 atom stereocenters. The zero-order valence-electron chi connectivity index (χ0n) is 8.91. The van der Waals surface area contributed by atoms with Gasteiger partial charge in [0, 0.05) is 0 Å². The lowest BCUT2D eigenvalue weighted by Crippen LogP contribution is -2.22. The molecule has 76 valence electrons. The average Bonchev–Trinajstić information content (AvgIpc) is 2.85. The molecule has 1 saturated heterocycles. The fraction of sp³-hybridized carbons (Fsp3) is 0.500. The maximum atomic E-state index is 5.72. The fourth-order valence-corrected chi connectivity index (χ4v) is 1.34. The van der Waals surface area contributed by atoms with Crippen LogP contribution in [0.15, 0.2) is 24.3 Å². The maximum absolute atomic E-state index is 5.72. The third kappa shape index (κ3) is 2.48. The third-order valence-corrected chi connectivity index (χ3v) is 2.01. The van der Waals surface area contributed by atoms with Gasteiger partial charge in [0.25, 0.3) is 0 Å². The Labute approximate surface area is 84.8 Å². The van der Waals surface area contributed by atoms with Crippen molar-refractivity contribution in [3.05, 3.63) is 29.8 Å². The van der Waals surface area contributed by atoms with Gasteiger partial charge in [-0.15, -0.1) is 0 Å². The van der Waals surface area contributed by atoms with E-state index >= 15 is 0 Å². The van der Waals surface area contributed by atoms with Crippen LogP contribution >= 0.6 is 0 Å². The van der Waals surface area contributed by atoms with Crippen LogP contribution in [0.25, 0.3) is 0 Å². The average molecular weight is 192 g/mol. The highest BCUT2D eigenvalue weighted by Gasteiger charge is 2.24. The molecular formula is C12H16O2. The van der Waals surface area contributed by atoms with Gasteiger partial charge in [0.05, 0.1) is 6.61 Å². The van der Waals surface area contributed by atoms with E-state index in [9.17, 15) is 0 Å². The molecule has 0 saturated carbocycles. The zero-order valence-corrected chi connectivity index (χ0v) is 8.91. The second kappa shape index (κ2) is 3.28. The first-order valence-corrected chi connectivity index (χ1v) is 4.95. The molecule has 14 heavy (non-hydrogen) atoms. The molecule has 0 amide bonds. The van der Waals surface area contributed by atoms with Crippen LogP contribution in [0.1, 0.15) is 32.4 Å². The van der Waals surface area contributed by atoms with Crippen molar-refractivity contribution in [2.75, 3.05) is 6.61 Å². The van der Waals surface area contributed by atoms with Gasteiger partial charge in [-0.3, -0.25) is 0 Å². The van der Waals surface area contributed by atoms with E-state index in [2.05, 4.69) is 12.1 Å². The van der Waals surface area contributed by atoms with Gasteiger partial charge >= 0.3 is 0 Å². The van der Waals surface area contributed by atoms with Crippen molar-refractivity contribution in [2.24, 2.45) is 0 Å². The Balaban J connectivity index is 2.06. The highest BCUT2D eigenvalue weighted by Crippen LogP contribution is 2.31. The van der Waals surface area contributed by atoms with Gasteiger partial charge in [-0.1, -0.05) is 12.1 Å². The molecular weight excluding hydrogens is 176 g/mol. The van der Waals surface area contributed by atoms with E-state index < -0.39 is 0 Å². The van der Waals surface area contributed by atoms with Crippen LogP contribution in [0.4, 0.5) is 0 Å². The maximum Gasteiger partial charge on any atom is 0.120 e. The van der Waals surface area contributed by atoms with Crippen LogP contribution in [-0.2, 0) is 4.74 Å². The van der Waals surface area contributed by atoms with Gasteiger partial charge in [0.2, 0.25) is 0 Å². The Morgan fingerprint density at radius 3 is 2.21 bits per heavy atom. The largest absolute Gasteiger partial charge is 0.488 e. The molecule has 1 aromatic carbocycles. The lowest BCUT2D eigenvalue weighted by Gasteiger charge is -2.21. The standard InChI is InChI=1S/C12H16O2/c1-12(2,3)14-10-6-4-9(5-7-10)11-8-13-11/h4-7,11H,8H2,1-3H3. The number of hydrogen-bond acceptors (Lipinski definition) is 2. The summed E-state index contributed by atoms with van der Waals surface area (Å²) in [6.45, 7) is 7.00. The first-order chi connectivity index (χ1) is 6.54. The quantitative estimate of drug-likeness (QED) is 0.672. The van der Waals surface area contributed by atoms with Crippen LogP contribution in [0.2, 0.25) is 0 Å². The van der Waals surface area contributed by atoms with Crippen LogP contribution in [0.5, 0.6) is 5.75 Å². The minimum Gasteiger partial charge on any atom is -0.488 e. The summed E-state index contributed by atoms with van der Waals surface area (Å²) in [6, 6.07) is 8.14. The van der Waals surface area contributed by atoms with Crippen molar-refractivity contribution in [3.63, 3.8) is 0 Å². The Hall–Kier alpha value is -1.02. The van der Waals surface area contributed by atoms with E-state index in [1.165, 1.54) is 5.56 Å². The van der Waals surface area contributed by atoms with Gasteiger partial charge in [-0.2, -0.15) is 0 Å². The minimum atomic E-state index is -0.127. The van der Waals surface area contributed by atoms with Crippen molar-refractivity contribution < 1.29 is 9.47 Å². The summed E-state index contributed by atoms with van der Waals surface area (Å²) >= 11 is 0. The summed E-state index contributed by atoms with van der Waals surface area (Å²) in [6.07, 6.45) is 0.332. The number of epoxide rings is 1. The first kappa shape index (κ1) is 9.53. The van der Waals surface area contributed by atoms with E-state index in [4.69, 9.17) is 9.47 Å². The molecule has 0 radical (unpaired) electrons. The van der Waals surface area contributed by atoms with Crippen LogP contribution < -0.4 is 4.74 Å². The summed E-state index contributed by atoms with van der Waals surface area (Å²) in [5, 5.41) is 0. The molecule has 2 rings (SSSR count). The lowest BCUT2D eigenvalue weighted by molar-refractivity contribution is 0.131. The summed E-state index contributed by atoms with van der Waals surface area (Å²) in [5.41, 5.74) is 1.11. The lowest BCUT2D eigenvalue weighted by atomic mass is 10.1. The van der Waals surface area contributed by atoms with Gasteiger partial charge in [-0.25, -0.2) is 0 Å². The Kier molecular flexibility index (Phi) is 2.23. The highest BCUT2D eigenvalue weighted by molar-refractivity contribution is 5.30. The molecule has 1 aliphatic heterocycles. The topological polar surface area (TPSA) is 21.8 Å². The van der Waals surface area contributed by atoms with Crippen molar-refractivity contribution in [1.82, 2.24) is 0 Å². The predicted octanol–water partition coefficient (Wildman–Crippen LogP) is 2.94. The SMILES string of the molecule is CC(C)(C)Oc1ccc(C2CO2)cc1. The monoisotopic (exact) mass is 192 g/mol. The van der Waals surface area contributed by atoms with E-state index in [0.717, 1.165) is 12.4 Å². The summed E-state index contributed by atoms with van der Waals surface area (Å²) in [5.74, 6) is 0.918. The minimum absolute atomic E-state index is 0.127. The van der Waals surface area contributed by atoms with Gasteiger partial charge in [0.15, 0.2) is 0 Å². The van der Waals surface area contributed by atoms with E-state index in [1.807, 2.05) is 32.9 Å². The molecule has 2 nitrogen and oxygen atoms in total. The summed E-state index contributed by atoms with van der Waals surface area (Å²) in [4.78, 5) is 0. The fourth-order valence-electron chi connectivity index (χ4n) is 1.34. The van der Waals surface area contributed by atoms with Gasteiger partial charge in [0.1, 0.15) is 17.5 Å². The van der Waals surface area contributed by atoms with Crippen molar-refractivity contribution in [2.45, 2.75) is 32.5 Å². The van der Waals surface area contributed by atoms with Crippen molar-refractivity contribution in [3.8, 4) is 5.75 Å². The van der Waals surface area contributed by atoms with E-state index in [-0.39, 0.29) is 5.60 Å². The number of ether oxygens (including phenoxy) is 2. The number of rotatable bonds is 2. The summed E-state index contributed by atoms with van der Waals surface area (Å²) < 4.78 is 10.9. The van der Waals surface area contributed by atoms with Crippen LogP contribution in [0.3, 0.4) is 0 Å². The molecule has 1 heterocycles. The molecule has 1 unspecified atom stereocenters. The second-order valence-corrected chi connectivity index (χ2v) is 4.61. The van der Waals surface area contributed by atoms with Crippen LogP contribution in [-0.4, -0.2) is 12.2 Å². The molecule has 1 aliphatic rings. The summed E-state index contributed by atoms with van der Waals surface area (Å²) in [7, 11) is 0. The second-order valence-electron chi connectivity index (χ2n) is 4.61. The molecule has 0 aliphatic carbocycles. The third-order valence-electron chi connectivity index (χ3n) is 2.01. The molecule has 0 N–H and O–H groups in total. The Morgan fingerprint density at radius 1 is 1.21 bits per heavy atom. The first-order valence-electron chi connectivity index (χ1n) is 4.95. The smallest absolute Gasteiger partial charge is 0.120 e. The Morgan fingerprint density at radius 2 is 1.79 bits per heavy atom. The molecule has 1 fully saturated rings. The number of benzene rings is 1. The van der Waals surface area contributed by atoms with E-state index in [0.29, 0.717) is 6.10 Å². The Bertz CT molecular complexity index is 304. The normalized spacial score (nSPS) is 20.6. The van der Waals surface area contributed by atoms with Crippen LogP contribution in [0, 0.1) is 0 Å². The molecule has 2 heteroatoms. The molecule has 0 bridgehead atoms. The van der Waals surface area contributed by atoms with E-state index in [1.54, 1.807) is 0 Å². The predicted molar refractivity (Wildman–Crippen MR) is 55.5 cm³/mol. The van der Waals surface area contributed by atoms with Crippen molar-refractivity contribution in [1.29, 1.82) is 0 Å². The molecule has 0 aromatic heterocycles. The molecule has 1 aromatic rings.